The van der Waals surface area contributed by atoms with Crippen LogP contribution in [0.4, 0.5) is 10.8 Å². The van der Waals surface area contributed by atoms with Gasteiger partial charge in [-0.15, -0.1) is 0 Å². The molecule has 1 aliphatic rings. The van der Waals surface area contributed by atoms with Crippen molar-refractivity contribution in [3.63, 3.8) is 0 Å². The van der Waals surface area contributed by atoms with Crippen molar-refractivity contribution in [1.82, 2.24) is 9.88 Å². The summed E-state index contributed by atoms with van der Waals surface area (Å²) in [6.45, 7) is 6.93. The number of hydrogen-bond donors (Lipinski definition) is 1. The third-order valence-corrected chi connectivity index (χ3v) is 4.07. The molecule has 0 radical (unpaired) electrons. The number of nitrogens with zero attached hydrogens (tertiary/aromatic N) is 2. The van der Waals surface area contributed by atoms with Crippen molar-refractivity contribution in [2.75, 3.05) is 25.5 Å². The van der Waals surface area contributed by atoms with E-state index in [0.29, 0.717) is 30.4 Å². The minimum Gasteiger partial charge on any atom is -0.493 e. The van der Waals surface area contributed by atoms with Gasteiger partial charge in [-0.2, -0.15) is 4.98 Å². The highest BCUT2D eigenvalue weighted by Crippen LogP contribution is 2.29. The molecule has 0 atom stereocenters. The van der Waals surface area contributed by atoms with Gasteiger partial charge in [-0.25, -0.2) is 4.79 Å². The summed E-state index contributed by atoms with van der Waals surface area (Å²) in [4.78, 5) is 18.3. The molecule has 1 aliphatic heterocycles. The van der Waals surface area contributed by atoms with Crippen molar-refractivity contribution in [3.05, 3.63) is 18.2 Å². The summed E-state index contributed by atoms with van der Waals surface area (Å²) in [7, 11) is 1.61. The summed E-state index contributed by atoms with van der Waals surface area (Å²) in [5.41, 5.74) is 0.926. The van der Waals surface area contributed by atoms with Crippen LogP contribution in [0.2, 0.25) is 0 Å². The Balaban J connectivity index is 1.58. The smallest absolute Gasteiger partial charge is 0.410 e. The maximum atomic E-state index is 12.1. The standard InChI is InChI=1S/C18H25N3O4/c1-18(2,3)25-17(22)21-10-8-12(9-11-21)19-16-20-13-6-5-7-14(23-4)15(13)24-16/h5-7,12H,8-11H2,1-4H3,(H,19,20). The number of carbonyl (C=O) groups excluding carboxylic acids is 1. The molecule has 1 aromatic carbocycles. The Morgan fingerprint density at radius 3 is 2.68 bits per heavy atom. The van der Waals surface area contributed by atoms with E-state index in [9.17, 15) is 4.79 Å². The predicted octanol–water partition coefficient (Wildman–Crippen LogP) is 3.65. The predicted molar refractivity (Wildman–Crippen MR) is 95.0 cm³/mol. The molecule has 1 saturated heterocycles. The number of benzene rings is 1. The summed E-state index contributed by atoms with van der Waals surface area (Å²) < 4.78 is 16.5. The molecule has 3 rings (SSSR count). The average molecular weight is 347 g/mol. The van der Waals surface area contributed by atoms with Crippen LogP contribution in [0.5, 0.6) is 5.75 Å². The van der Waals surface area contributed by atoms with Gasteiger partial charge in [0.2, 0.25) is 0 Å². The minimum absolute atomic E-state index is 0.206. The first-order valence-corrected chi connectivity index (χ1v) is 8.54. The van der Waals surface area contributed by atoms with Crippen LogP contribution in [0.1, 0.15) is 33.6 Å². The number of rotatable bonds is 3. The second-order valence-corrected chi connectivity index (χ2v) is 7.21. The van der Waals surface area contributed by atoms with Gasteiger partial charge in [0, 0.05) is 19.1 Å². The van der Waals surface area contributed by atoms with E-state index >= 15 is 0 Å². The lowest BCUT2D eigenvalue weighted by Gasteiger charge is -2.33. The highest BCUT2D eigenvalue weighted by Gasteiger charge is 2.27. The Morgan fingerprint density at radius 1 is 1.32 bits per heavy atom. The average Bonchev–Trinajstić information content (AvgIpc) is 2.96. The highest BCUT2D eigenvalue weighted by atomic mass is 16.6. The van der Waals surface area contributed by atoms with Crippen molar-refractivity contribution < 1.29 is 18.7 Å². The lowest BCUT2D eigenvalue weighted by Crippen LogP contribution is -2.44. The maximum Gasteiger partial charge on any atom is 0.410 e. The number of oxazole rings is 1. The van der Waals surface area contributed by atoms with Crippen molar-refractivity contribution in [1.29, 1.82) is 0 Å². The quantitative estimate of drug-likeness (QED) is 0.913. The molecule has 1 aromatic heterocycles. The number of ether oxygens (including phenoxy) is 2. The molecular formula is C18H25N3O4. The van der Waals surface area contributed by atoms with E-state index in [0.717, 1.165) is 18.4 Å². The summed E-state index contributed by atoms with van der Waals surface area (Å²) >= 11 is 0. The van der Waals surface area contributed by atoms with E-state index in [-0.39, 0.29) is 12.1 Å². The number of para-hydroxylation sites is 1. The van der Waals surface area contributed by atoms with E-state index in [1.165, 1.54) is 0 Å². The fourth-order valence-electron chi connectivity index (χ4n) is 2.85. The van der Waals surface area contributed by atoms with Crippen molar-refractivity contribution in [2.45, 2.75) is 45.3 Å². The van der Waals surface area contributed by atoms with Crippen LogP contribution in [0, 0.1) is 0 Å². The molecule has 0 aliphatic carbocycles. The molecule has 0 unspecified atom stereocenters. The molecule has 0 spiro atoms. The number of fused-ring (bicyclic) bond motifs is 1. The van der Waals surface area contributed by atoms with Gasteiger partial charge in [-0.05, 0) is 45.7 Å². The van der Waals surface area contributed by atoms with Gasteiger partial charge in [-0.1, -0.05) is 6.07 Å². The van der Waals surface area contributed by atoms with Gasteiger partial charge >= 0.3 is 6.09 Å². The molecule has 7 nitrogen and oxygen atoms in total. The molecular weight excluding hydrogens is 322 g/mol. The number of likely N-dealkylation sites (tertiary alicyclic amines) is 1. The van der Waals surface area contributed by atoms with E-state index in [4.69, 9.17) is 13.9 Å². The first kappa shape index (κ1) is 17.4. The normalized spacial score (nSPS) is 16.1. The summed E-state index contributed by atoms with van der Waals surface area (Å²) in [6, 6.07) is 6.30. The zero-order valence-corrected chi connectivity index (χ0v) is 15.2. The first-order chi connectivity index (χ1) is 11.9. The van der Waals surface area contributed by atoms with E-state index in [1.54, 1.807) is 12.0 Å². The Labute approximate surface area is 147 Å². The summed E-state index contributed by atoms with van der Waals surface area (Å²) in [6.07, 6.45) is 1.38. The van der Waals surface area contributed by atoms with Gasteiger partial charge < -0.3 is 24.1 Å². The van der Waals surface area contributed by atoms with Crippen LogP contribution < -0.4 is 10.1 Å². The molecule has 0 bridgehead atoms. The molecule has 25 heavy (non-hydrogen) atoms. The lowest BCUT2D eigenvalue weighted by atomic mass is 10.1. The van der Waals surface area contributed by atoms with Crippen LogP contribution in [-0.2, 0) is 4.74 Å². The molecule has 1 N–H and O–H groups in total. The zero-order chi connectivity index (χ0) is 18.0. The van der Waals surface area contributed by atoms with Gasteiger partial charge in [0.25, 0.3) is 6.01 Å². The molecule has 136 valence electrons. The van der Waals surface area contributed by atoms with Crippen molar-refractivity contribution >= 4 is 23.2 Å². The molecule has 0 saturated carbocycles. The monoisotopic (exact) mass is 347 g/mol. The Bertz CT molecular complexity index is 742. The number of piperidine rings is 1. The first-order valence-electron chi connectivity index (χ1n) is 8.54. The van der Waals surface area contributed by atoms with Crippen LogP contribution in [0.3, 0.4) is 0 Å². The number of carbonyl (C=O) groups is 1. The maximum absolute atomic E-state index is 12.1. The van der Waals surface area contributed by atoms with Gasteiger partial charge in [0.1, 0.15) is 11.1 Å². The second kappa shape index (κ2) is 6.82. The molecule has 2 aromatic rings. The lowest BCUT2D eigenvalue weighted by molar-refractivity contribution is 0.0210. The van der Waals surface area contributed by atoms with Crippen molar-refractivity contribution in [3.8, 4) is 5.75 Å². The SMILES string of the molecule is COc1cccc2nc(NC3CCN(C(=O)OC(C)(C)C)CC3)oc12. The number of amides is 1. The van der Waals surface area contributed by atoms with Gasteiger partial charge in [0.15, 0.2) is 11.3 Å². The third kappa shape index (κ3) is 4.15. The molecule has 2 heterocycles. The minimum atomic E-state index is -0.469. The third-order valence-electron chi connectivity index (χ3n) is 4.07. The van der Waals surface area contributed by atoms with Crippen molar-refractivity contribution in [2.24, 2.45) is 0 Å². The van der Waals surface area contributed by atoms with Crippen LogP contribution >= 0.6 is 0 Å². The topological polar surface area (TPSA) is 76.8 Å². The van der Waals surface area contributed by atoms with E-state index in [1.807, 2.05) is 39.0 Å². The number of methoxy groups -OCH3 is 1. The second-order valence-electron chi connectivity index (χ2n) is 7.21. The number of nitrogens with one attached hydrogen (secondary N) is 1. The Kier molecular flexibility index (Phi) is 4.74. The van der Waals surface area contributed by atoms with Crippen LogP contribution in [0.15, 0.2) is 22.6 Å². The van der Waals surface area contributed by atoms with E-state index < -0.39 is 5.60 Å². The molecule has 1 amide bonds. The number of hydrogen-bond acceptors (Lipinski definition) is 6. The van der Waals surface area contributed by atoms with Gasteiger partial charge in [-0.3, -0.25) is 0 Å². The largest absolute Gasteiger partial charge is 0.493 e. The molecule has 1 fully saturated rings. The highest BCUT2D eigenvalue weighted by molar-refractivity contribution is 5.80. The Hall–Kier alpha value is -2.44. The number of anilines is 1. The summed E-state index contributed by atoms with van der Waals surface area (Å²) in [5, 5.41) is 3.32. The fourth-order valence-corrected chi connectivity index (χ4v) is 2.85. The Morgan fingerprint density at radius 2 is 2.04 bits per heavy atom. The van der Waals surface area contributed by atoms with Gasteiger partial charge in [0.05, 0.1) is 7.11 Å². The fraction of sp³-hybridized carbons (Fsp3) is 0.556. The zero-order valence-electron chi connectivity index (χ0n) is 15.2. The number of aromatic nitrogens is 1. The van der Waals surface area contributed by atoms with Crippen LogP contribution in [-0.4, -0.2) is 47.8 Å². The molecule has 7 heteroatoms. The summed E-state index contributed by atoms with van der Waals surface area (Å²) in [5.74, 6) is 0.665. The van der Waals surface area contributed by atoms with E-state index in [2.05, 4.69) is 10.3 Å². The van der Waals surface area contributed by atoms with Crippen LogP contribution in [0.25, 0.3) is 11.1 Å².